The minimum atomic E-state index is -0.507. The Morgan fingerprint density at radius 3 is 2.24 bits per heavy atom. The molecular weight excluding hydrogens is 743 g/mol. The fourth-order valence-corrected chi connectivity index (χ4v) is 6.26. The third-order valence-electron chi connectivity index (χ3n) is 8.57. The molecule has 231 valence electrons. The van der Waals surface area contributed by atoms with Crippen LogP contribution >= 0.6 is 0 Å². The largest absolute Gasteiger partial charge is 0.486 e. The number of furan rings is 1. The number of fused-ring (bicyclic) bond motifs is 3. The summed E-state index contributed by atoms with van der Waals surface area (Å²) in [6.45, 7) is 4.23. The topological polar surface area (TPSA) is 51.8 Å². The third kappa shape index (κ3) is 6.58. The summed E-state index contributed by atoms with van der Waals surface area (Å²) < 4.78 is 15.2. The molecule has 0 aliphatic heterocycles. The van der Waals surface area contributed by atoms with Gasteiger partial charge in [0.25, 0.3) is 0 Å². The second kappa shape index (κ2) is 14.3. The first kappa shape index (κ1) is 30.2. The molecule has 5 heteroatoms. The Bertz CT molecular complexity index is 2050. The van der Waals surface area contributed by atoms with Crippen molar-refractivity contribution in [1.29, 1.82) is 0 Å². The molecule has 1 aliphatic rings. The van der Waals surface area contributed by atoms with E-state index in [9.17, 15) is 0 Å². The van der Waals surface area contributed by atoms with E-state index in [0.717, 1.165) is 81.4 Å². The Balaban J connectivity index is 0.000000250. The van der Waals surface area contributed by atoms with Gasteiger partial charge in [0, 0.05) is 44.8 Å². The molecule has 4 nitrogen and oxygen atoms in total. The smallest absolute Gasteiger partial charge is 0.216 e. The van der Waals surface area contributed by atoms with Gasteiger partial charge in [0.1, 0.15) is 0 Å². The Morgan fingerprint density at radius 2 is 1.52 bits per heavy atom. The maximum absolute atomic E-state index is 8.89. The number of hydrogen-bond acceptors (Lipinski definition) is 4. The Kier molecular flexibility index (Phi) is 9.41. The van der Waals surface area contributed by atoms with Crippen molar-refractivity contribution in [2.24, 2.45) is 0 Å². The van der Waals surface area contributed by atoms with Crippen LogP contribution in [-0.4, -0.2) is 15.0 Å². The number of benzene rings is 3. The predicted molar refractivity (Wildman–Crippen MR) is 183 cm³/mol. The first-order valence-corrected chi connectivity index (χ1v) is 15.7. The number of aryl methyl sites for hydroxylation is 2. The normalized spacial score (nSPS) is 14.2. The van der Waals surface area contributed by atoms with E-state index in [2.05, 4.69) is 67.4 Å². The molecule has 4 aromatic heterocycles. The molecule has 1 radical (unpaired) electrons. The molecule has 8 rings (SSSR count). The van der Waals surface area contributed by atoms with Crippen LogP contribution in [0.3, 0.4) is 0 Å². The van der Waals surface area contributed by atoms with Gasteiger partial charge in [-0.1, -0.05) is 72.7 Å². The predicted octanol–water partition coefficient (Wildman–Crippen LogP) is 10.7. The molecule has 0 bridgehead atoms. The zero-order valence-electron chi connectivity index (χ0n) is 27.0. The van der Waals surface area contributed by atoms with Gasteiger partial charge in [-0.05, 0) is 78.9 Å². The van der Waals surface area contributed by atoms with Crippen molar-refractivity contribution in [3.05, 3.63) is 138 Å². The first-order valence-electron chi connectivity index (χ1n) is 16.2. The van der Waals surface area contributed by atoms with Crippen molar-refractivity contribution in [3.8, 4) is 33.8 Å². The summed E-state index contributed by atoms with van der Waals surface area (Å²) in [6.07, 6.45) is 8.95. The van der Waals surface area contributed by atoms with E-state index in [0.29, 0.717) is 5.71 Å². The Morgan fingerprint density at radius 1 is 0.717 bits per heavy atom. The molecule has 0 saturated heterocycles. The van der Waals surface area contributed by atoms with Crippen molar-refractivity contribution in [1.82, 2.24) is 15.0 Å². The summed E-state index contributed by atoms with van der Waals surface area (Å²) >= 11 is 0. The summed E-state index contributed by atoms with van der Waals surface area (Å²) in [7, 11) is 0. The van der Waals surface area contributed by atoms with E-state index in [1.807, 2.05) is 66.9 Å². The van der Waals surface area contributed by atoms with Gasteiger partial charge in [0.15, 0.2) is 0 Å². The van der Waals surface area contributed by atoms with Gasteiger partial charge < -0.3 is 14.4 Å². The molecule has 1 saturated carbocycles. The minimum absolute atomic E-state index is 0. The maximum Gasteiger partial charge on any atom is 0.216 e. The van der Waals surface area contributed by atoms with Crippen LogP contribution in [0.25, 0.3) is 55.8 Å². The molecule has 0 N–H and O–H groups in total. The van der Waals surface area contributed by atoms with Crippen LogP contribution in [0.15, 0.2) is 114 Å². The van der Waals surface area contributed by atoms with Gasteiger partial charge in [-0.25, -0.2) is 4.98 Å². The van der Waals surface area contributed by atoms with Crippen LogP contribution in [0.5, 0.6) is 0 Å². The van der Waals surface area contributed by atoms with Crippen LogP contribution < -0.4 is 0 Å². The first-order chi connectivity index (χ1) is 22.5. The molecule has 0 atom stereocenters. The van der Waals surface area contributed by atoms with Crippen molar-refractivity contribution < 1.29 is 25.9 Å². The van der Waals surface area contributed by atoms with E-state index < -0.39 is 5.89 Å². The van der Waals surface area contributed by atoms with Gasteiger partial charge >= 0.3 is 0 Å². The van der Waals surface area contributed by atoms with Crippen molar-refractivity contribution in [2.45, 2.75) is 51.8 Å². The Hall–Kier alpha value is -4.44. The van der Waals surface area contributed by atoms with Crippen molar-refractivity contribution in [3.63, 3.8) is 0 Å². The van der Waals surface area contributed by atoms with Gasteiger partial charge in [0.05, 0.1) is 11.3 Å². The molecule has 4 heterocycles. The average molecular weight is 779 g/mol. The summed E-state index contributed by atoms with van der Waals surface area (Å²) in [4.78, 5) is 13.9. The summed E-state index contributed by atoms with van der Waals surface area (Å²) in [6, 6.07) is 38.7. The van der Waals surface area contributed by atoms with Crippen LogP contribution in [0.2, 0.25) is 0 Å². The fraction of sp³-hybridized carbons (Fsp3) is 0.195. The van der Waals surface area contributed by atoms with Crippen LogP contribution in [0.1, 0.15) is 56.1 Å². The van der Waals surface area contributed by atoms with E-state index >= 15 is 0 Å². The number of rotatable bonds is 4. The summed E-state index contributed by atoms with van der Waals surface area (Å²) in [5, 5.41) is 2.00. The molecule has 0 spiro atoms. The van der Waals surface area contributed by atoms with Crippen LogP contribution in [0.4, 0.5) is 0 Å². The van der Waals surface area contributed by atoms with Gasteiger partial charge in [-0.15, -0.1) is 54.1 Å². The fourth-order valence-electron chi connectivity index (χ4n) is 6.26. The van der Waals surface area contributed by atoms with Crippen molar-refractivity contribution >= 4 is 22.1 Å². The second-order valence-corrected chi connectivity index (χ2v) is 11.6. The standard InChI is InChI=1S/C30H27N2O.C11H8N.Ir/c1-19-8-6-9-20(2)28(19)27-17-15-24-23-12-7-13-25(29(23)33-30(24)32-27)26-16-14-22(18-31-26)21-10-4-3-5-11-21;1-2-6-10(7-3-1)11-8-4-5-9-12-11;/h6-9,12,14-18,21H,3-5,10-11H2,1-2H3;1-6,8-9H;/q2*-1;/i21D;;. The molecule has 1 aliphatic carbocycles. The molecule has 3 aromatic carbocycles. The van der Waals surface area contributed by atoms with Crippen LogP contribution in [0, 0.1) is 26.0 Å². The van der Waals surface area contributed by atoms with E-state index in [-0.39, 0.29) is 20.1 Å². The zero-order chi connectivity index (χ0) is 31.5. The van der Waals surface area contributed by atoms with E-state index in [1.165, 1.54) is 17.5 Å². The van der Waals surface area contributed by atoms with Crippen molar-refractivity contribution in [2.75, 3.05) is 0 Å². The SMILES string of the molecule is [2H]C1(c2ccc(-c3[c-]ccc4c3oc3nc(-c5c(C)cccc5C)ccc34)nc2)CCCCC1.[Ir].[c-]1ccccc1-c1ccccn1. The minimum Gasteiger partial charge on any atom is -0.486 e. The van der Waals surface area contributed by atoms with Gasteiger partial charge in [-0.3, -0.25) is 0 Å². The van der Waals surface area contributed by atoms with Gasteiger partial charge in [-0.2, -0.15) is 0 Å². The second-order valence-electron chi connectivity index (χ2n) is 11.6. The van der Waals surface area contributed by atoms with Crippen LogP contribution in [-0.2, 0) is 20.1 Å². The van der Waals surface area contributed by atoms with E-state index in [4.69, 9.17) is 15.8 Å². The third-order valence-corrected chi connectivity index (χ3v) is 8.57. The molecule has 46 heavy (non-hydrogen) atoms. The quantitative estimate of drug-likeness (QED) is 0.167. The van der Waals surface area contributed by atoms with E-state index in [1.54, 1.807) is 6.20 Å². The maximum atomic E-state index is 8.89. The number of hydrogen-bond donors (Lipinski definition) is 0. The summed E-state index contributed by atoms with van der Waals surface area (Å²) in [5.41, 5.74) is 10.5. The monoisotopic (exact) mass is 779 g/mol. The zero-order valence-corrected chi connectivity index (χ0v) is 28.4. The Labute approximate surface area is 285 Å². The molecule has 7 aromatic rings. The number of pyridine rings is 3. The van der Waals surface area contributed by atoms with Gasteiger partial charge in [0.2, 0.25) is 5.71 Å². The molecule has 0 unspecified atom stereocenters. The average Bonchev–Trinajstić information content (AvgIpc) is 3.48. The molecule has 1 fully saturated rings. The molecular formula is C41H35IrN3O-2. The number of aromatic nitrogens is 3. The number of nitrogens with zero attached hydrogens (tertiary/aromatic N) is 3. The summed E-state index contributed by atoms with van der Waals surface area (Å²) in [5.74, 6) is -0.507. The molecule has 0 amide bonds.